The molecule has 0 unspecified atom stereocenters. The normalized spacial score (nSPS) is 12.2. The molecule has 0 aromatic carbocycles. The molecule has 0 N–H and O–H groups in total. The Labute approximate surface area is 115 Å². The number of hydrogen-bond acceptors (Lipinski definition) is 1. The molecule has 104 valence electrons. The molecule has 0 saturated carbocycles. The molecule has 0 fully saturated rings. The van der Waals surface area contributed by atoms with Crippen LogP contribution in [0, 0.1) is 0 Å². The Hall–Kier alpha value is -0.763. The van der Waals surface area contributed by atoms with Crippen LogP contribution >= 0.6 is 0 Å². The summed E-state index contributed by atoms with van der Waals surface area (Å²) in [5, 5.41) is 0. The zero-order valence-electron chi connectivity index (χ0n) is 13.1. The fourth-order valence-corrected chi connectivity index (χ4v) is 2.62. The van der Waals surface area contributed by atoms with Crippen LogP contribution in [-0.2, 0) is 4.43 Å². The first-order valence-electron chi connectivity index (χ1n) is 6.86. The maximum Gasteiger partial charge on any atom is 0.241 e. The standard InChI is InChI=1S/C16H30OSi/c1-14(2)10-8-11-15(3)12-9-13-16(4)17-18(5,6)7/h10,12H,4,8-9,11,13H2,1-3,5-7H3/b15-12+. The van der Waals surface area contributed by atoms with E-state index in [1.54, 1.807) is 0 Å². The predicted molar refractivity (Wildman–Crippen MR) is 85.2 cm³/mol. The van der Waals surface area contributed by atoms with Gasteiger partial charge in [-0.05, 0) is 59.7 Å². The van der Waals surface area contributed by atoms with Crippen LogP contribution in [0.15, 0.2) is 35.6 Å². The maximum absolute atomic E-state index is 5.84. The third kappa shape index (κ3) is 11.7. The van der Waals surface area contributed by atoms with E-state index in [0.29, 0.717) is 0 Å². The minimum Gasteiger partial charge on any atom is -0.548 e. The summed E-state index contributed by atoms with van der Waals surface area (Å²) in [6.07, 6.45) is 8.92. The van der Waals surface area contributed by atoms with E-state index >= 15 is 0 Å². The van der Waals surface area contributed by atoms with Crippen molar-refractivity contribution in [1.29, 1.82) is 0 Å². The molecule has 0 aliphatic rings. The Morgan fingerprint density at radius 3 is 2.06 bits per heavy atom. The summed E-state index contributed by atoms with van der Waals surface area (Å²) >= 11 is 0. The molecule has 0 rings (SSSR count). The zero-order chi connectivity index (χ0) is 14.2. The third-order valence-corrected chi connectivity index (χ3v) is 3.36. The van der Waals surface area contributed by atoms with Gasteiger partial charge in [-0.15, -0.1) is 0 Å². The molecule has 0 aliphatic carbocycles. The van der Waals surface area contributed by atoms with Gasteiger partial charge in [0.2, 0.25) is 8.32 Å². The lowest BCUT2D eigenvalue weighted by molar-refractivity contribution is 0.403. The van der Waals surface area contributed by atoms with Gasteiger partial charge in [-0.3, -0.25) is 0 Å². The summed E-state index contributed by atoms with van der Waals surface area (Å²) in [5.74, 6) is 0.947. The van der Waals surface area contributed by atoms with Gasteiger partial charge < -0.3 is 4.43 Å². The molecule has 0 saturated heterocycles. The minimum absolute atomic E-state index is 0.947. The Morgan fingerprint density at radius 1 is 1.00 bits per heavy atom. The predicted octanol–water partition coefficient (Wildman–Crippen LogP) is 5.82. The molecule has 0 heterocycles. The molecule has 0 atom stereocenters. The van der Waals surface area contributed by atoms with Crippen molar-refractivity contribution in [2.45, 2.75) is 66.1 Å². The molecule has 18 heavy (non-hydrogen) atoms. The van der Waals surface area contributed by atoms with Crippen LogP contribution in [0.25, 0.3) is 0 Å². The fourth-order valence-electron chi connectivity index (χ4n) is 1.65. The van der Waals surface area contributed by atoms with Gasteiger partial charge in [-0.1, -0.05) is 29.9 Å². The van der Waals surface area contributed by atoms with E-state index in [1.807, 2.05) is 0 Å². The second-order valence-corrected chi connectivity index (χ2v) is 10.6. The summed E-state index contributed by atoms with van der Waals surface area (Å²) in [7, 11) is -1.46. The molecule has 0 amide bonds. The number of rotatable bonds is 8. The van der Waals surface area contributed by atoms with Crippen LogP contribution in [0.1, 0.15) is 46.5 Å². The second-order valence-electron chi connectivity index (χ2n) is 6.16. The quantitative estimate of drug-likeness (QED) is 0.305. The Balaban J connectivity index is 3.87. The van der Waals surface area contributed by atoms with E-state index in [1.165, 1.54) is 11.1 Å². The van der Waals surface area contributed by atoms with Crippen LogP contribution < -0.4 is 0 Å². The van der Waals surface area contributed by atoms with Gasteiger partial charge in [0.1, 0.15) is 0 Å². The lowest BCUT2D eigenvalue weighted by Crippen LogP contribution is -2.24. The van der Waals surface area contributed by atoms with Gasteiger partial charge in [-0.25, -0.2) is 0 Å². The van der Waals surface area contributed by atoms with E-state index in [0.717, 1.165) is 31.4 Å². The minimum atomic E-state index is -1.46. The van der Waals surface area contributed by atoms with Crippen LogP contribution in [0.2, 0.25) is 19.6 Å². The van der Waals surface area contributed by atoms with Crippen LogP contribution in [0.5, 0.6) is 0 Å². The van der Waals surface area contributed by atoms with Crippen LogP contribution in [0.3, 0.4) is 0 Å². The Morgan fingerprint density at radius 2 is 1.56 bits per heavy atom. The zero-order valence-corrected chi connectivity index (χ0v) is 14.1. The van der Waals surface area contributed by atoms with Gasteiger partial charge in [-0.2, -0.15) is 0 Å². The van der Waals surface area contributed by atoms with E-state index in [-0.39, 0.29) is 0 Å². The van der Waals surface area contributed by atoms with Crippen molar-refractivity contribution >= 4 is 8.32 Å². The molecular weight excluding hydrogens is 236 g/mol. The molecule has 0 aromatic rings. The van der Waals surface area contributed by atoms with Gasteiger partial charge in [0.15, 0.2) is 0 Å². The third-order valence-electron chi connectivity index (χ3n) is 2.46. The average Bonchev–Trinajstić information content (AvgIpc) is 2.13. The molecule has 0 aliphatic heterocycles. The van der Waals surface area contributed by atoms with E-state index in [2.05, 4.69) is 59.1 Å². The highest BCUT2D eigenvalue weighted by atomic mass is 28.4. The largest absolute Gasteiger partial charge is 0.548 e. The van der Waals surface area contributed by atoms with Crippen LogP contribution in [0.4, 0.5) is 0 Å². The number of allylic oxidation sites excluding steroid dienone is 5. The second kappa shape index (κ2) is 8.36. The number of hydrogen-bond donors (Lipinski definition) is 0. The van der Waals surface area contributed by atoms with Gasteiger partial charge in [0.05, 0.1) is 5.76 Å². The van der Waals surface area contributed by atoms with Gasteiger partial charge >= 0.3 is 0 Å². The van der Waals surface area contributed by atoms with Crippen molar-refractivity contribution in [1.82, 2.24) is 0 Å². The molecule has 1 nitrogen and oxygen atoms in total. The van der Waals surface area contributed by atoms with E-state index < -0.39 is 8.32 Å². The molecule has 2 heteroatoms. The first kappa shape index (κ1) is 17.2. The maximum atomic E-state index is 5.84. The monoisotopic (exact) mass is 266 g/mol. The highest BCUT2D eigenvalue weighted by molar-refractivity contribution is 6.70. The van der Waals surface area contributed by atoms with Crippen molar-refractivity contribution in [2.24, 2.45) is 0 Å². The molecule has 0 radical (unpaired) electrons. The Kier molecular flexibility index (Phi) is 8.00. The van der Waals surface area contributed by atoms with Crippen molar-refractivity contribution in [3.63, 3.8) is 0 Å². The lowest BCUT2D eigenvalue weighted by atomic mass is 10.1. The molecule has 0 spiro atoms. The van der Waals surface area contributed by atoms with Gasteiger partial charge in [0.25, 0.3) is 0 Å². The Bertz CT molecular complexity index is 314. The summed E-state index contributed by atoms with van der Waals surface area (Å²) in [6.45, 7) is 17.1. The molecule has 0 bridgehead atoms. The van der Waals surface area contributed by atoms with Crippen molar-refractivity contribution < 1.29 is 4.43 Å². The summed E-state index contributed by atoms with van der Waals surface area (Å²) in [5.41, 5.74) is 2.87. The SMILES string of the molecule is C=C(CC/C=C(\C)CCC=C(C)C)O[Si](C)(C)C. The highest BCUT2D eigenvalue weighted by Gasteiger charge is 2.16. The summed E-state index contributed by atoms with van der Waals surface area (Å²) in [4.78, 5) is 0. The van der Waals surface area contributed by atoms with Crippen molar-refractivity contribution in [2.75, 3.05) is 0 Å². The van der Waals surface area contributed by atoms with Crippen molar-refractivity contribution in [3.05, 3.63) is 35.6 Å². The topological polar surface area (TPSA) is 9.23 Å². The smallest absolute Gasteiger partial charge is 0.241 e. The molecule has 0 aromatic heterocycles. The van der Waals surface area contributed by atoms with Crippen molar-refractivity contribution in [3.8, 4) is 0 Å². The lowest BCUT2D eigenvalue weighted by Gasteiger charge is -2.20. The first-order chi connectivity index (χ1) is 8.20. The van der Waals surface area contributed by atoms with E-state index in [9.17, 15) is 0 Å². The average molecular weight is 267 g/mol. The van der Waals surface area contributed by atoms with E-state index in [4.69, 9.17) is 4.43 Å². The first-order valence-corrected chi connectivity index (χ1v) is 10.3. The highest BCUT2D eigenvalue weighted by Crippen LogP contribution is 2.15. The summed E-state index contributed by atoms with van der Waals surface area (Å²) in [6, 6.07) is 0. The van der Waals surface area contributed by atoms with Gasteiger partial charge in [0, 0.05) is 6.42 Å². The summed E-state index contributed by atoms with van der Waals surface area (Å²) < 4.78 is 5.84. The molecular formula is C16H30OSi. The fraction of sp³-hybridized carbons (Fsp3) is 0.625. The van der Waals surface area contributed by atoms with Crippen LogP contribution in [-0.4, -0.2) is 8.32 Å².